The number of aliphatic hydroxyl groups excluding tert-OH is 1. The number of hydrogen-bond donors (Lipinski definition) is 2. The van der Waals surface area contributed by atoms with Crippen molar-refractivity contribution in [1.82, 2.24) is 14.6 Å². The molecule has 0 saturated carbocycles. The highest BCUT2D eigenvalue weighted by atomic mass is 35.5. The third-order valence-electron chi connectivity index (χ3n) is 2.28. The molecule has 5 nitrogen and oxygen atoms in total. The van der Waals surface area contributed by atoms with Crippen LogP contribution in [0.15, 0.2) is 17.4 Å². The Morgan fingerprint density at radius 1 is 1.33 bits per heavy atom. The Balaban J connectivity index is 2.05. The summed E-state index contributed by atoms with van der Waals surface area (Å²) < 4.78 is 1.79. The van der Waals surface area contributed by atoms with Crippen LogP contribution in [0.3, 0.4) is 0 Å². The molecule has 0 atom stereocenters. The number of hydrogen-bond acceptors (Lipinski definition) is 4. The van der Waals surface area contributed by atoms with E-state index in [-0.39, 0.29) is 6.61 Å². The van der Waals surface area contributed by atoms with Crippen LogP contribution in [0.1, 0.15) is 0 Å². The monoisotopic (exact) mass is 307 g/mol. The van der Waals surface area contributed by atoms with Crippen molar-refractivity contribution in [2.75, 3.05) is 25.4 Å². The molecule has 2 aromatic rings. The molecule has 0 radical (unpaired) electrons. The van der Waals surface area contributed by atoms with E-state index >= 15 is 0 Å². The van der Waals surface area contributed by atoms with E-state index in [1.807, 2.05) is 0 Å². The number of aliphatic hydroxyl groups is 1. The average Bonchev–Trinajstić information content (AvgIpc) is 2.72. The predicted molar refractivity (Wildman–Crippen MR) is 72.5 cm³/mol. The molecule has 18 heavy (non-hydrogen) atoms. The number of quaternary nitrogens is 1. The number of fused-ring (bicyclic) bond motifs is 1. The van der Waals surface area contributed by atoms with Gasteiger partial charge in [0.15, 0.2) is 10.8 Å². The fraction of sp³-hybridized carbons (Fsp3) is 0.400. The maximum atomic E-state index is 8.66. The Morgan fingerprint density at radius 2 is 2.17 bits per heavy atom. The SMILES string of the molecule is OCC[NH2+]CCSc1nnc2c(Cl)cc(Cl)cn12. The highest BCUT2D eigenvalue weighted by Gasteiger charge is 2.10. The van der Waals surface area contributed by atoms with Crippen molar-refractivity contribution in [2.24, 2.45) is 0 Å². The van der Waals surface area contributed by atoms with Crippen LogP contribution in [0.2, 0.25) is 10.0 Å². The number of halogens is 2. The van der Waals surface area contributed by atoms with Gasteiger partial charge < -0.3 is 10.4 Å². The Labute approximate surface area is 118 Å². The summed E-state index contributed by atoms with van der Waals surface area (Å²) in [6.45, 7) is 1.83. The van der Waals surface area contributed by atoms with Crippen molar-refractivity contribution in [3.63, 3.8) is 0 Å². The van der Waals surface area contributed by atoms with E-state index in [1.54, 1.807) is 28.4 Å². The molecule has 98 valence electrons. The van der Waals surface area contributed by atoms with Gasteiger partial charge in [0.05, 0.1) is 35.5 Å². The number of rotatable bonds is 6. The lowest BCUT2D eigenvalue weighted by Gasteiger charge is -2.01. The Morgan fingerprint density at radius 3 is 2.94 bits per heavy atom. The molecular formula is C10H13Cl2N4OS+. The molecule has 0 aliphatic rings. The van der Waals surface area contributed by atoms with Crippen LogP contribution >= 0.6 is 35.0 Å². The third kappa shape index (κ3) is 3.27. The van der Waals surface area contributed by atoms with Gasteiger partial charge in [-0.05, 0) is 6.07 Å². The van der Waals surface area contributed by atoms with Gasteiger partial charge in [-0.3, -0.25) is 4.40 Å². The maximum Gasteiger partial charge on any atom is 0.195 e. The lowest BCUT2D eigenvalue weighted by molar-refractivity contribution is -0.651. The Kier molecular flexibility index (Phi) is 5.08. The highest BCUT2D eigenvalue weighted by Crippen LogP contribution is 2.24. The van der Waals surface area contributed by atoms with Gasteiger partial charge in [-0.15, -0.1) is 10.2 Å². The molecule has 0 saturated heterocycles. The van der Waals surface area contributed by atoms with Crippen LogP contribution < -0.4 is 5.32 Å². The van der Waals surface area contributed by atoms with Gasteiger partial charge in [0.1, 0.15) is 0 Å². The number of thioether (sulfide) groups is 1. The summed E-state index contributed by atoms with van der Waals surface area (Å²) in [5, 5.41) is 20.6. The topological polar surface area (TPSA) is 67.0 Å². The number of nitrogens with zero attached hydrogens (tertiary/aromatic N) is 3. The second kappa shape index (κ2) is 6.58. The van der Waals surface area contributed by atoms with Gasteiger partial charge in [0, 0.05) is 6.20 Å². The van der Waals surface area contributed by atoms with Crippen LogP contribution in [-0.2, 0) is 0 Å². The Bertz CT molecular complexity index is 534. The largest absolute Gasteiger partial charge is 0.391 e. The highest BCUT2D eigenvalue weighted by molar-refractivity contribution is 7.99. The number of nitrogens with two attached hydrogens (primary N) is 1. The van der Waals surface area contributed by atoms with Gasteiger partial charge in [-0.25, -0.2) is 0 Å². The smallest absolute Gasteiger partial charge is 0.195 e. The molecule has 0 aliphatic carbocycles. The molecule has 2 rings (SSSR count). The molecule has 3 N–H and O–H groups in total. The first-order chi connectivity index (χ1) is 8.72. The first kappa shape index (κ1) is 13.9. The first-order valence-electron chi connectivity index (χ1n) is 5.47. The molecule has 8 heteroatoms. The fourth-order valence-electron chi connectivity index (χ4n) is 1.47. The second-order valence-electron chi connectivity index (χ2n) is 3.62. The molecule has 0 fully saturated rings. The molecule has 0 bridgehead atoms. The number of aromatic nitrogens is 3. The van der Waals surface area contributed by atoms with E-state index in [2.05, 4.69) is 15.5 Å². The molecule has 2 aromatic heterocycles. The molecule has 0 amide bonds. The van der Waals surface area contributed by atoms with Crippen molar-refractivity contribution >= 4 is 40.6 Å². The molecule has 0 spiro atoms. The van der Waals surface area contributed by atoms with E-state index in [9.17, 15) is 0 Å². The van der Waals surface area contributed by atoms with E-state index in [1.165, 1.54) is 0 Å². The van der Waals surface area contributed by atoms with Crippen molar-refractivity contribution in [3.8, 4) is 0 Å². The van der Waals surface area contributed by atoms with Crippen LogP contribution in [0.25, 0.3) is 5.65 Å². The minimum atomic E-state index is 0.198. The van der Waals surface area contributed by atoms with E-state index in [0.29, 0.717) is 15.7 Å². The van der Waals surface area contributed by atoms with Gasteiger partial charge in [-0.1, -0.05) is 35.0 Å². The minimum absolute atomic E-state index is 0.198. The average molecular weight is 308 g/mol. The van der Waals surface area contributed by atoms with Crippen LogP contribution in [0, 0.1) is 0 Å². The Hall–Kier alpha value is -0.530. The third-order valence-corrected chi connectivity index (χ3v) is 3.74. The summed E-state index contributed by atoms with van der Waals surface area (Å²) in [6.07, 6.45) is 1.75. The molecule has 2 heterocycles. The normalized spacial score (nSPS) is 11.3. The van der Waals surface area contributed by atoms with Crippen LogP contribution in [0.5, 0.6) is 0 Å². The van der Waals surface area contributed by atoms with Gasteiger partial charge in [-0.2, -0.15) is 0 Å². The zero-order valence-electron chi connectivity index (χ0n) is 9.51. The van der Waals surface area contributed by atoms with E-state index in [0.717, 1.165) is 24.0 Å². The van der Waals surface area contributed by atoms with Gasteiger partial charge in [0.25, 0.3) is 0 Å². The van der Waals surface area contributed by atoms with E-state index < -0.39 is 0 Å². The zero-order chi connectivity index (χ0) is 13.0. The number of pyridine rings is 1. The first-order valence-corrected chi connectivity index (χ1v) is 7.21. The van der Waals surface area contributed by atoms with Crippen LogP contribution in [-0.4, -0.2) is 45.2 Å². The van der Waals surface area contributed by atoms with E-state index in [4.69, 9.17) is 28.3 Å². The van der Waals surface area contributed by atoms with Gasteiger partial charge >= 0.3 is 0 Å². The fourth-order valence-corrected chi connectivity index (χ4v) is 2.82. The zero-order valence-corrected chi connectivity index (χ0v) is 11.8. The lowest BCUT2D eigenvalue weighted by Crippen LogP contribution is -2.85. The standard InChI is InChI=1S/C10H12Cl2N4OS/c11-7-5-8(12)9-14-15-10(16(9)6-7)18-4-2-13-1-3-17/h5-6,13,17H,1-4H2/p+1. The predicted octanol–water partition coefficient (Wildman–Crippen LogP) is 0.684. The summed E-state index contributed by atoms with van der Waals surface area (Å²) in [5.41, 5.74) is 0.614. The molecule has 0 aromatic carbocycles. The molecule has 0 aliphatic heterocycles. The lowest BCUT2D eigenvalue weighted by atomic mass is 10.5. The van der Waals surface area contributed by atoms with Crippen molar-refractivity contribution in [3.05, 3.63) is 22.3 Å². The summed E-state index contributed by atoms with van der Waals surface area (Å²) in [4.78, 5) is 0. The van der Waals surface area contributed by atoms with Gasteiger partial charge in [0.2, 0.25) is 0 Å². The summed E-state index contributed by atoms with van der Waals surface area (Å²) in [5.74, 6) is 0.880. The quantitative estimate of drug-likeness (QED) is 0.608. The minimum Gasteiger partial charge on any atom is -0.391 e. The second-order valence-corrected chi connectivity index (χ2v) is 5.53. The summed E-state index contributed by atoms with van der Waals surface area (Å²) in [7, 11) is 0. The van der Waals surface area contributed by atoms with Crippen molar-refractivity contribution < 1.29 is 10.4 Å². The summed E-state index contributed by atoms with van der Waals surface area (Å²) >= 11 is 13.6. The maximum absolute atomic E-state index is 8.66. The molecule has 0 unspecified atom stereocenters. The summed E-state index contributed by atoms with van der Waals surface area (Å²) in [6, 6.07) is 1.65. The van der Waals surface area contributed by atoms with Crippen LogP contribution in [0.4, 0.5) is 0 Å². The van der Waals surface area contributed by atoms with Crippen molar-refractivity contribution in [2.45, 2.75) is 5.16 Å². The molecular weight excluding hydrogens is 295 g/mol. The van der Waals surface area contributed by atoms with Crippen molar-refractivity contribution in [1.29, 1.82) is 0 Å².